The van der Waals surface area contributed by atoms with Gasteiger partial charge < -0.3 is 10.4 Å². The number of carboxylic acid groups (broad SMARTS) is 1. The standard InChI is InChI=1S/C9H14N2O2S/c1-3-4-6-8(9(12)13)14-7(11-6)5-10-2/h10H,3-5H2,1-2H3,(H,12,13). The summed E-state index contributed by atoms with van der Waals surface area (Å²) in [6.45, 7) is 2.65. The number of thiazole rings is 1. The van der Waals surface area contributed by atoms with Crippen molar-refractivity contribution in [2.45, 2.75) is 26.3 Å². The first-order valence-corrected chi connectivity index (χ1v) is 5.37. The highest BCUT2D eigenvalue weighted by Gasteiger charge is 2.15. The maximum atomic E-state index is 10.9. The SMILES string of the molecule is CCCc1nc(CNC)sc1C(=O)O. The van der Waals surface area contributed by atoms with Crippen LogP contribution in [0.5, 0.6) is 0 Å². The van der Waals surface area contributed by atoms with Crippen LogP contribution in [0.3, 0.4) is 0 Å². The van der Waals surface area contributed by atoms with Gasteiger partial charge in [0.15, 0.2) is 0 Å². The van der Waals surface area contributed by atoms with E-state index in [-0.39, 0.29) is 0 Å². The molecular weight excluding hydrogens is 200 g/mol. The number of hydrogen-bond donors (Lipinski definition) is 2. The third-order valence-corrected chi connectivity index (χ3v) is 2.84. The molecule has 4 nitrogen and oxygen atoms in total. The molecule has 0 aliphatic heterocycles. The van der Waals surface area contributed by atoms with Crippen molar-refractivity contribution in [3.05, 3.63) is 15.6 Å². The van der Waals surface area contributed by atoms with Crippen molar-refractivity contribution in [2.24, 2.45) is 0 Å². The van der Waals surface area contributed by atoms with Crippen LogP contribution in [-0.2, 0) is 13.0 Å². The lowest BCUT2D eigenvalue weighted by atomic mass is 10.2. The van der Waals surface area contributed by atoms with Gasteiger partial charge >= 0.3 is 5.97 Å². The Morgan fingerprint density at radius 3 is 2.86 bits per heavy atom. The first kappa shape index (κ1) is 11.1. The Morgan fingerprint density at radius 1 is 1.64 bits per heavy atom. The molecule has 14 heavy (non-hydrogen) atoms. The predicted molar refractivity (Wildman–Crippen MR) is 55.8 cm³/mol. The Labute approximate surface area is 87.0 Å². The van der Waals surface area contributed by atoms with Crippen molar-refractivity contribution in [1.82, 2.24) is 10.3 Å². The van der Waals surface area contributed by atoms with Crippen molar-refractivity contribution in [1.29, 1.82) is 0 Å². The van der Waals surface area contributed by atoms with E-state index in [9.17, 15) is 4.79 Å². The molecule has 0 saturated carbocycles. The molecule has 0 aromatic carbocycles. The number of nitrogens with zero attached hydrogens (tertiary/aromatic N) is 1. The van der Waals surface area contributed by atoms with Crippen molar-refractivity contribution in [3.63, 3.8) is 0 Å². The van der Waals surface area contributed by atoms with Gasteiger partial charge in [0.2, 0.25) is 0 Å². The summed E-state index contributed by atoms with van der Waals surface area (Å²) in [5, 5.41) is 12.7. The lowest BCUT2D eigenvalue weighted by Gasteiger charge is -1.93. The predicted octanol–water partition coefficient (Wildman–Crippen LogP) is 1.51. The second-order valence-electron chi connectivity index (χ2n) is 2.97. The number of carboxylic acids is 1. The Bertz CT molecular complexity index is 323. The highest BCUT2D eigenvalue weighted by molar-refractivity contribution is 7.13. The van der Waals surface area contributed by atoms with E-state index in [1.165, 1.54) is 11.3 Å². The molecule has 5 heteroatoms. The topological polar surface area (TPSA) is 62.2 Å². The van der Waals surface area contributed by atoms with E-state index in [2.05, 4.69) is 10.3 Å². The summed E-state index contributed by atoms with van der Waals surface area (Å²) in [5.41, 5.74) is 0.718. The van der Waals surface area contributed by atoms with Crippen molar-refractivity contribution < 1.29 is 9.90 Å². The molecule has 0 amide bonds. The van der Waals surface area contributed by atoms with Crippen LogP contribution in [0, 0.1) is 0 Å². The van der Waals surface area contributed by atoms with Gasteiger partial charge in [0.1, 0.15) is 9.88 Å². The molecule has 0 spiro atoms. The molecule has 1 rings (SSSR count). The van der Waals surface area contributed by atoms with Crippen LogP contribution in [-0.4, -0.2) is 23.1 Å². The molecule has 0 radical (unpaired) electrons. The van der Waals surface area contributed by atoms with Crippen LogP contribution in [0.1, 0.15) is 33.7 Å². The number of rotatable bonds is 5. The molecule has 0 atom stereocenters. The number of aromatic carboxylic acids is 1. The summed E-state index contributed by atoms with van der Waals surface area (Å²) in [6, 6.07) is 0. The van der Waals surface area contributed by atoms with Crippen LogP contribution in [0.4, 0.5) is 0 Å². The second kappa shape index (κ2) is 5.07. The van der Waals surface area contributed by atoms with Gasteiger partial charge in [0.05, 0.1) is 5.69 Å². The van der Waals surface area contributed by atoms with Gasteiger partial charge in [-0.25, -0.2) is 9.78 Å². The second-order valence-corrected chi connectivity index (χ2v) is 4.05. The number of aromatic nitrogens is 1. The van der Waals surface area contributed by atoms with Crippen LogP contribution < -0.4 is 5.32 Å². The minimum atomic E-state index is -0.867. The molecule has 0 aliphatic carbocycles. The van der Waals surface area contributed by atoms with Gasteiger partial charge in [-0.2, -0.15) is 0 Å². The smallest absolute Gasteiger partial charge is 0.347 e. The summed E-state index contributed by atoms with van der Waals surface area (Å²) < 4.78 is 0. The Hall–Kier alpha value is -0.940. The minimum absolute atomic E-state index is 0.386. The van der Waals surface area contributed by atoms with E-state index in [4.69, 9.17) is 5.11 Å². The Morgan fingerprint density at radius 2 is 2.36 bits per heavy atom. The summed E-state index contributed by atoms with van der Waals surface area (Å²) in [6.07, 6.45) is 1.66. The van der Waals surface area contributed by atoms with E-state index in [1.54, 1.807) is 0 Å². The van der Waals surface area contributed by atoms with E-state index in [0.29, 0.717) is 11.4 Å². The van der Waals surface area contributed by atoms with E-state index < -0.39 is 5.97 Å². The summed E-state index contributed by atoms with van der Waals surface area (Å²) in [7, 11) is 1.82. The highest BCUT2D eigenvalue weighted by atomic mass is 32.1. The van der Waals surface area contributed by atoms with E-state index in [0.717, 1.165) is 23.5 Å². The number of aryl methyl sites for hydroxylation is 1. The fourth-order valence-electron chi connectivity index (χ4n) is 1.20. The summed E-state index contributed by atoms with van der Waals surface area (Å²) in [5.74, 6) is -0.867. The van der Waals surface area contributed by atoms with Gasteiger partial charge in [-0.3, -0.25) is 0 Å². The first-order chi connectivity index (χ1) is 6.69. The average Bonchev–Trinajstić information content (AvgIpc) is 2.49. The van der Waals surface area contributed by atoms with Crippen molar-refractivity contribution in [2.75, 3.05) is 7.05 Å². The molecule has 1 heterocycles. The molecule has 2 N–H and O–H groups in total. The summed E-state index contributed by atoms with van der Waals surface area (Å²) >= 11 is 1.26. The molecule has 0 fully saturated rings. The molecular formula is C9H14N2O2S. The van der Waals surface area contributed by atoms with Crippen LogP contribution in [0.2, 0.25) is 0 Å². The normalized spacial score (nSPS) is 10.4. The van der Waals surface area contributed by atoms with Gasteiger partial charge in [-0.05, 0) is 13.5 Å². The average molecular weight is 214 g/mol. The highest BCUT2D eigenvalue weighted by Crippen LogP contribution is 2.19. The van der Waals surface area contributed by atoms with Crippen molar-refractivity contribution in [3.8, 4) is 0 Å². The van der Waals surface area contributed by atoms with Crippen LogP contribution >= 0.6 is 11.3 Å². The zero-order valence-electron chi connectivity index (χ0n) is 8.33. The lowest BCUT2D eigenvalue weighted by Crippen LogP contribution is -2.04. The Balaban J connectivity index is 2.93. The monoisotopic (exact) mass is 214 g/mol. The lowest BCUT2D eigenvalue weighted by molar-refractivity contribution is 0.0700. The van der Waals surface area contributed by atoms with Gasteiger partial charge in [-0.1, -0.05) is 13.3 Å². The molecule has 0 saturated heterocycles. The van der Waals surface area contributed by atoms with E-state index in [1.807, 2.05) is 14.0 Å². The van der Waals surface area contributed by atoms with Gasteiger partial charge in [0.25, 0.3) is 0 Å². The zero-order chi connectivity index (χ0) is 10.6. The third-order valence-electron chi connectivity index (χ3n) is 1.75. The fraction of sp³-hybridized carbons (Fsp3) is 0.556. The molecule has 0 aliphatic rings. The maximum absolute atomic E-state index is 10.9. The molecule has 1 aromatic rings. The van der Waals surface area contributed by atoms with Gasteiger partial charge in [0, 0.05) is 6.54 Å². The van der Waals surface area contributed by atoms with Crippen LogP contribution in [0.15, 0.2) is 0 Å². The van der Waals surface area contributed by atoms with E-state index >= 15 is 0 Å². The number of carbonyl (C=O) groups is 1. The molecule has 0 unspecified atom stereocenters. The summed E-state index contributed by atoms with van der Waals surface area (Å²) in [4.78, 5) is 15.5. The maximum Gasteiger partial charge on any atom is 0.347 e. The molecule has 78 valence electrons. The largest absolute Gasteiger partial charge is 0.477 e. The zero-order valence-corrected chi connectivity index (χ0v) is 9.15. The first-order valence-electron chi connectivity index (χ1n) is 4.55. The quantitative estimate of drug-likeness (QED) is 0.780. The van der Waals surface area contributed by atoms with Gasteiger partial charge in [-0.15, -0.1) is 11.3 Å². The number of hydrogen-bond acceptors (Lipinski definition) is 4. The fourth-order valence-corrected chi connectivity index (χ4v) is 2.16. The molecule has 0 bridgehead atoms. The third kappa shape index (κ3) is 2.52. The molecule has 1 aromatic heterocycles. The van der Waals surface area contributed by atoms with Crippen LogP contribution in [0.25, 0.3) is 0 Å². The Kier molecular flexibility index (Phi) is 4.03. The minimum Gasteiger partial charge on any atom is -0.477 e. The number of nitrogens with one attached hydrogen (secondary N) is 1. The van der Waals surface area contributed by atoms with Crippen molar-refractivity contribution >= 4 is 17.3 Å².